The van der Waals surface area contributed by atoms with E-state index in [0.717, 1.165) is 0 Å². The van der Waals surface area contributed by atoms with E-state index < -0.39 is 6.04 Å². The molecular formula is C18H18N2O5. The number of rotatable bonds is 5. The number of carbonyl (C=O) groups is 3. The topological polar surface area (TPSA) is 88.9 Å². The summed E-state index contributed by atoms with van der Waals surface area (Å²) in [5.74, 6) is 0.291. The summed E-state index contributed by atoms with van der Waals surface area (Å²) in [5, 5.41) is 2.74. The maximum Gasteiger partial charge on any atom is 0.265 e. The predicted octanol–water partition coefficient (Wildman–Crippen LogP) is 1.91. The van der Waals surface area contributed by atoms with Gasteiger partial charge in [-0.15, -0.1) is 0 Å². The van der Waals surface area contributed by atoms with Crippen molar-refractivity contribution in [2.75, 3.05) is 11.5 Å². The Morgan fingerprint density at radius 1 is 1.32 bits per heavy atom. The van der Waals surface area contributed by atoms with Crippen LogP contribution < -0.4 is 15.0 Å². The minimum absolute atomic E-state index is 0.129. The molecule has 0 spiro atoms. The van der Waals surface area contributed by atoms with Crippen LogP contribution in [0.15, 0.2) is 41.0 Å². The van der Waals surface area contributed by atoms with Gasteiger partial charge in [-0.25, -0.2) is 0 Å². The number of nitrogens with one attached hydrogen (secondary N) is 1. The van der Waals surface area contributed by atoms with Crippen LogP contribution in [-0.2, 0) is 16.1 Å². The molecule has 130 valence electrons. The van der Waals surface area contributed by atoms with Crippen LogP contribution in [0.25, 0.3) is 0 Å². The highest BCUT2D eigenvalue weighted by Gasteiger charge is 2.33. The van der Waals surface area contributed by atoms with Crippen molar-refractivity contribution < 1.29 is 23.5 Å². The number of hydrogen-bond donors (Lipinski definition) is 1. The van der Waals surface area contributed by atoms with Crippen LogP contribution in [0.5, 0.6) is 5.75 Å². The summed E-state index contributed by atoms with van der Waals surface area (Å²) in [6, 6.07) is 7.57. The van der Waals surface area contributed by atoms with E-state index in [4.69, 9.17) is 9.15 Å². The van der Waals surface area contributed by atoms with E-state index in [9.17, 15) is 14.4 Å². The van der Waals surface area contributed by atoms with E-state index in [0.29, 0.717) is 22.8 Å². The average molecular weight is 342 g/mol. The largest absolute Gasteiger partial charge is 0.482 e. The fourth-order valence-corrected chi connectivity index (χ4v) is 2.67. The second-order valence-corrected chi connectivity index (χ2v) is 5.76. The molecule has 0 fully saturated rings. The smallest absolute Gasteiger partial charge is 0.265 e. The van der Waals surface area contributed by atoms with Crippen LogP contribution in [0.1, 0.15) is 30.0 Å². The first-order valence-electron chi connectivity index (χ1n) is 7.87. The third kappa shape index (κ3) is 3.40. The fourth-order valence-electron chi connectivity index (χ4n) is 2.67. The van der Waals surface area contributed by atoms with Gasteiger partial charge in [-0.3, -0.25) is 19.3 Å². The van der Waals surface area contributed by atoms with Gasteiger partial charge in [0.1, 0.15) is 17.6 Å². The highest BCUT2D eigenvalue weighted by atomic mass is 16.5. The molecule has 1 aliphatic heterocycles. The van der Waals surface area contributed by atoms with Crippen molar-refractivity contribution in [2.24, 2.45) is 0 Å². The molecule has 0 bridgehead atoms. The molecule has 1 unspecified atom stereocenters. The summed E-state index contributed by atoms with van der Waals surface area (Å²) in [4.78, 5) is 37.8. The van der Waals surface area contributed by atoms with Gasteiger partial charge in [0, 0.05) is 5.56 Å². The van der Waals surface area contributed by atoms with Crippen molar-refractivity contribution in [3.05, 3.63) is 47.9 Å². The second-order valence-electron chi connectivity index (χ2n) is 5.76. The third-order valence-electron chi connectivity index (χ3n) is 4.03. The van der Waals surface area contributed by atoms with E-state index in [-0.39, 0.29) is 30.7 Å². The van der Waals surface area contributed by atoms with E-state index >= 15 is 0 Å². The first-order chi connectivity index (χ1) is 12.0. The Bertz CT molecular complexity index is 813. The number of furan rings is 1. The first kappa shape index (κ1) is 16.8. The second kappa shape index (κ2) is 6.80. The molecule has 7 heteroatoms. The molecule has 1 atom stereocenters. The van der Waals surface area contributed by atoms with Gasteiger partial charge in [-0.05, 0) is 44.2 Å². The summed E-state index contributed by atoms with van der Waals surface area (Å²) in [6.07, 6.45) is 1.52. The zero-order chi connectivity index (χ0) is 18.0. The Kier molecular flexibility index (Phi) is 4.56. The third-order valence-corrected chi connectivity index (χ3v) is 4.03. The summed E-state index contributed by atoms with van der Waals surface area (Å²) >= 11 is 0. The van der Waals surface area contributed by atoms with Gasteiger partial charge in [0.05, 0.1) is 18.5 Å². The molecule has 2 amide bonds. The van der Waals surface area contributed by atoms with E-state index in [2.05, 4.69) is 5.32 Å². The van der Waals surface area contributed by atoms with Crippen molar-refractivity contribution in [2.45, 2.75) is 26.4 Å². The van der Waals surface area contributed by atoms with Gasteiger partial charge in [-0.1, -0.05) is 0 Å². The molecular weight excluding hydrogens is 324 g/mol. The fraction of sp³-hybridized carbons (Fsp3) is 0.278. The Morgan fingerprint density at radius 3 is 2.80 bits per heavy atom. The van der Waals surface area contributed by atoms with Crippen molar-refractivity contribution in [1.82, 2.24) is 5.32 Å². The minimum atomic E-state index is -0.757. The molecule has 0 saturated carbocycles. The average Bonchev–Trinajstić information content (AvgIpc) is 3.12. The monoisotopic (exact) mass is 342 g/mol. The SMILES string of the molecule is CC(=O)c1ccc2c(c1)N(C(C)C(=O)NCc1ccco1)C(=O)CO2. The number of ketones is 1. The molecule has 25 heavy (non-hydrogen) atoms. The first-order valence-corrected chi connectivity index (χ1v) is 7.87. The lowest BCUT2D eigenvalue weighted by Gasteiger charge is -2.33. The number of anilines is 1. The molecule has 1 aliphatic rings. The number of amides is 2. The molecule has 0 saturated heterocycles. The predicted molar refractivity (Wildman–Crippen MR) is 89.4 cm³/mol. The van der Waals surface area contributed by atoms with Crippen molar-refractivity contribution in [3.8, 4) is 5.75 Å². The Labute approximate surface area is 144 Å². The molecule has 1 aromatic carbocycles. The van der Waals surface area contributed by atoms with Crippen molar-refractivity contribution >= 4 is 23.3 Å². The van der Waals surface area contributed by atoms with Gasteiger partial charge in [0.2, 0.25) is 5.91 Å². The highest BCUT2D eigenvalue weighted by molar-refractivity contribution is 6.05. The van der Waals surface area contributed by atoms with Gasteiger partial charge in [0.15, 0.2) is 12.4 Å². The molecule has 0 aliphatic carbocycles. The van der Waals surface area contributed by atoms with Gasteiger partial charge >= 0.3 is 0 Å². The standard InChI is InChI=1S/C18H18N2O5/c1-11(18(23)19-9-14-4-3-7-24-14)20-15-8-13(12(2)21)5-6-16(15)25-10-17(20)22/h3-8,11H,9-10H2,1-2H3,(H,19,23). The van der Waals surface area contributed by atoms with Crippen LogP contribution in [0.4, 0.5) is 5.69 Å². The molecule has 1 aromatic heterocycles. The zero-order valence-electron chi connectivity index (χ0n) is 13.9. The van der Waals surface area contributed by atoms with Crippen molar-refractivity contribution in [3.63, 3.8) is 0 Å². The maximum absolute atomic E-state index is 12.5. The van der Waals surface area contributed by atoms with Crippen LogP contribution in [0, 0.1) is 0 Å². The molecule has 3 rings (SSSR count). The van der Waals surface area contributed by atoms with Gasteiger partial charge in [-0.2, -0.15) is 0 Å². The highest BCUT2D eigenvalue weighted by Crippen LogP contribution is 2.34. The molecule has 7 nitrogen and oxygen atoms in total. The molecule has 2 heterocycles. The zero-order valence-corrected chi connectivity index (χ0v) is 13.9. The van der Waals surface area contributed by atoms with Crippen LogP contribution in [0.3, 0.4) is 0 Å². The van der Waals surface area contributed by atoms with Gasteiger partial charge in [0.25, 0.3) is 5.91 Å². The minimum Gasteiger partial charge on any atom is -0.482 e. The maximum atomic E-state index is 12.5. The summed E-state index contributed by atoms with van der Waals surface area (Å²) < 4.78 is 10.6. The van der Waals surface area contributed by atoms with E-state index in [1.807, 2.05) is 0 Å². The Hall–Kier alpha value is -3.09. The summed E-state index contributed by atoms with van der Waals surface area (Å²) in [7, 11) is 0. The number of nitrogens with zero attached hydrogens (tertiary/aromatic N) is 1. The number of ether oxygens (including phenoxy) is 1. The molecule has 1 N–H and O–H groups in total. The molecule has 0 radical (unpaired) electrons. The lowest BCUT2D eigenvalue weighted by atomic mass is 10.1. The Morgan fingerprint density at radius 2 is 2.12 bits per heavy atom. The Balaban J connectivity index is 1.83. The number of benzene rings is 1. The van der Waals surface area contributed by atoms with Crippen molar-refractivity contribution in [1.29, 1.82) is 0 Å². The van der Waals surface area contributed by atoms with Crippen LogP contribution in [0.2, 0.25) is 0 Å². The van der Waals surface area contributed by atoms with E-state index in [1.54, 1.807) is 37.3 Å². The lowest BCUT2D eigenvalue weighted by molar-refractivity contribution is -0.127. The van der Waals surface area contributed by atoms with Crippen LogP contribution in [-0.4, -0.2) is 30.2 Å². The summed E-state index contributed by atoms with van der Waals surface area (Å²) in [5.41, 5.74) is 0.870. The number of carbonyl (C=O) groups excluding carboxylic acids is 3. The number of fused-ring (bicyclic) bond motifs is 1. The molecule has 2 aromatic rings. The number of hydrogen-bond acceptors (Lipinski definition) is 5. The van der Waals surface area contributed by atoms with Crippen LogP contribution >= 0.6 is 0 Å². The lowest BCUT2D eigenvalue weighted by Crippen LogP contribution is -2.51. The number of Topliss-reactive ketones (excluding diaryl/α,β-unsaturated/α-hetero) is 1. The normalized spacial score (nSPS) is 14.5. The van der Waals surface area contributed by atoms with E-state index in [1.165, 1.54) is 18.1 Å². The quantitative estimate of drug-likeness (QED) is 0.839. The summed E-state index contributed by atoms with van der Waals surface area (Å²) in [6.45, 7) is 3.15. The van der Waals surface area contributed by atoms with Gasteiger partial charge < -0.3 is 14.5 Å².